The van der Waals surface area contributed by atoms with Crippen LogP contribution >= 0.6 is 0 Å². The van der Waals surface area contributed by atoms with Crippen molar-refractivity contribution in [3.05, 3.63) is 33.9 Å². The van der Waals surface area contributed by atoms with E-state index in [0.717, 1.165) is 0 Å². The Hall–Kier alpha value is -2.48. The molecule has 0 spiro atoms. The summed E-state index contributed by atoms with van der Waals surface area (Å²) in [5, 5.41) is 19.0. The van der Waals surface area contributed by atoms with Crippen LogP contribution < -0.4 is 16.0 Å². The minimum absolute atomic E-state index is 0.0161. The van der Waals surface area contributed by atoms with Gasteiger partial charge in [-0.25, -0.2) is 0 Å². The summed E-state index contributed by atoms with van der Waals surface area (Å²) >= 11 is 0. The van der Waals surface area contributed by atoms with E-state index in [2.05, 4.69) is 16.0 Å². The first kappa shape index (κ1) is 14.9. The molecule has 0 unspecified atom stereocenters. The lowest BCUT2D eigenvalue weighted by molar-refractivity contribution is -0.384. The van der Waals surface area contributed by atoms with Gasteiger partial charge in [0.25, 0.3) is 5.69 Å². The first-order chi connectivity index (χ1) is 9.97. The highest BCUT2D eigenvalue weighted by atomic mass is 16.6. The van der Waals surface area contributed by atoms with Gasteiger partial charge in [-0.05, 0) is 18.6 Å². The number of non-ortho nitro benzene ring substituents is 1. The lowest BCUT2D eigenvalue weighted by Crippen LogP contribution is -2.53. The molecule has 1 atom stereocenters. The SMILES string of the molecule is Cc1cc([N+](=O)[O-])ccc1NC(=O)C[C@H]1NCCNC1=O. The molecule has 8 nitrogen and oxygen atoms in total. The maximum Gasteiger partial charge on any atom is 0.269 e. The van der Waals surface area contributed by atoms with Crippen LogP contribution in [0, 0.1) is 17.0 Å². The Bertz CT molecular complexity index is 588. The summed E-state index contributed by atoms with van der Waals surface area (Å²) in [7, 11) is 0. The Kier molecular flexibility index (Phi) is 4.49. The van der Waals surface area contributed by atoms with Crippen LogP contribution in [0.3, 0.4) is 0 Å². The summed E-state index contributed by atoms with van der Waals surface area (Å²) in [5.74, 6) is -0.515. The number of carbonyl (C=O) groups excluding carboxylic acids is 2. The second-order valence-corrected chi connectivity index (χ2v) is 4.81. The summed E-state index contributed by atoms with van der Waals surface area (Å²) in [6.45, 7) is 2.85. The number of aryl methyl sites for hydroxylation is 1. The van der Waals surface area contributed by atoms with Crippen LogP contribution in [-0.4, -0.2) is 35.9 Å². The molecule has 2 amide bonds. The monoisotopic (exact) mass is 292 g/mol. The Labute approximate surface area is 121 Å². The first-order valence-electron chi connectivity index (χ1n) is 6.53. The van der Waals surface area contributed by atoms with Crippen molar-refractivity contribution in [2.75, 3.05) is 18.4 Å². The smallest absolute Gasteiger partial charge is 0.269 e. The van der Waals surface area contributed by atoms with Crippen molar-refractivity contribution in [1.82, 2.24) is 10.6 Å². The van der Waals surface area contributed by atoms with E-state index in [1.54, 1.807) is 6.92 Å². The van der Waals surface area contributed by atoms with Gasteiger partial charge in [0.1, 0.15) is 0 Å². The molecule has 0 aliphatic carbocycles. The molecule has 1 aliphatic rings. The predicted octanol–water partition coefficient (Wildman–Crippen LogP) is 0.320. The van der Waals surface area contributed by atoms with Crippen LogP contribution in [0.1, 0.15) is 12.0 Å². The Morgan fingerprint density at radius 3 is 2.86 bits per heavy atom. The summed E-state index contributed by atoms with van der Waals surface area (Å²) < 4.78 is 0. The minimum atomic E-state index is -0.544. The lowest BCUT2D eigenvalue weighted by atomic mass is 10.1. The van der Waals surface area contributed by atoms with E-state index >= 15 is 0 Å². The number of anilines is 1. The van der Waals surface area contributed by atoms with Gasteiger partial charge in [0.2, 0.25) is 11.8 Å². The third-order valence-corrected chi connectivity index (χ3v) is 3.22. The van der Waals surface area contributed by atoms with Crippen molar-refractivity contribution < 1.29 is 14.5 Å². The van der Waals surface area contributed by atoms with Crippen LogP contribution in [0.25, 0.3) is 0 Å². The average Bonchev–Trinajstić information content (AvgIpc) is 2.43. The molecule has 1 heterocycles. The molecule has 0 saturated carbocycles. The van der Waals surface area contributed by atoms with Crippen LogP contribution in [0.15, 0.2) is 18.2 Å². The number of rotatable bonds is 4. The van der Waals surface area contributed by atoms with Crippen molar-refractivity contribution >= 4 is 23.2 Å². The maximum absolute atomic E-state index is 11.9. The molecule has 0 bridgehead atoms. The average molecular weight is 292 g/mol. The van der Waals surface area contributed by atoms with E-state index in [4.69, 9.17) is 0 Å². The molecule has 8 heteroatoms. The van der Waals surface area contributed by atoms with Gasteiger partial charge in [0, 0.05) is 30.9 Å². The number of piperazine rings is 1. The normalized spacial score (nSPS) is 18.0. The second-order valence-electron chi connectivity index (χ2n) is 4.81. The Morgan fingerprint density at radius 1 is 1.48 bits per heavy atom. The zero-order chi connectivity index (χ0) is 15.4. The third kappa shape index (κ3) is 3.76. The van der Waals surface area contributed by atoms with Gasteiger partial charge in [0.05, 0.1) is 17.4 Å². The quantitative estimate of drug-likeness (QED) is 0.546. The number of carbonyl (C=O) groups is 2. The van der Waals surface area contributed by atoms with Gasteiger partial charge < -0.3 is 16.0 Å². The highest BCUT2D eigenvalue weighted by molar-refractivity contribution is 5.96. The Balaban J connectivity index is 1.99. The van der Waals surface area contributed by atoms with Crippen molar-refractivity contribution in [3.63, 3.8) is 0 Å². The molecule has 1 saturated heterocycles. The van der Waals surface area contributed by atoms with Gasteiger partial charge in [-0.1, -0.05) is 0 Å². The Morgan fingerprint density at radius 2 is 2.24 bits per heavy atom. The van der Waals surface area contributed by atoms with Crippen molar-refractivity contribution in [3.8, 4) is 0 Å². The fourth-order valence-electron chi connectivity index (χ4n) is 2.10. The highest BCUT2D eigenvalue weighted by Gasteiger charge is 2.24. The van der Waals surface area contributed by atoms with Gasteiger partial charge in [-0.2, -0.15) is 0 Å². The fraction of sp³-hybridized carbons (Fsp3) is 0.385. The van der Waals surface area contributed by atoms with Gasteiger partial charge in [-0.15, -0.1) is 0 Å². The van der Waals surface area contributed by atoms with E-state index in [1.807, 2.05) is 0 Å². The largest absolute Gasteiger partial charge is 0.353 e. The van der Waals surface area contributed by atoms with Crippen molar-refractivity contribution in [2.24, 2.45) is 0 Å². The second kappa shape index (κ2) is 6.31. The van der Waals surface area contributed by atoms with Crippen molar-refractivity contribution in [2.45, 2.75) is 19.4 Å². The zero-order valence-corrected chi connectivity index (χ0v) is 11.5. The van der Waals surface area contributed by atoms with Crippen LogP contribution in [-0.2, 0) is 9.59 Å². The first-order valence-corrected chi connectivity index (χ1v) is 6.53. The number of benzene rings is 1. The molecule has 3 N–H and O–H groups in total. The van der Waals surface area contributed by atoms with Crippen LogP contribution in [0.5, 0.6) is 0 Å². The van der Waals surface area contributed by atoms with E-state index in [-0.39, 0.29) is 23.9 Å². The summed E-state index contributed by atoms with van der Waals surface area (Å²) in [6, 6.07) is 3.66. The number of hydrogen-bond acceptors (Lipinski definition) is 5. The maximum atomic E-state index is 11.9. The highest BCUT2D eigenvalue weighted by Crippen LogP contribution is 2.21. The molecule has 0 aromatic heterocycles. The molecule has 1 aliphatic heterocycles. The van der Waals surface area contributed by atoms with Crippen LogP contribution in [0.2, 0.25) is 0 Å². The van der Waals surface area contributed by atoms with E-state index in [0.29, 0.717) is 24.3 Å². The molecule has 2 rings (SSSR count). The third-order valence-electron chi connectivity index (χ3n) is 3.22. The molecule has 1 fully saturated rings. The lowest BCUT2D eigenvalue weighted by Gasteiger charge is -2.23. The summed E-state index contributed by atoms with van der Waals surface area (Å²) in [4.78, 5) is 33.6. The zero-order valence-electron chi connectivity index (χ0n) is 11.5. The van der Waals surface area contributed by atoms with Gasteiger partial charge >= 0.3 is 0 Å². The molecular formula is C13H16N4O4. The molecule has 21 heavy (non-hydrogen) atoms. The molecule has 112 valence electrons. The summed E-state index contributed by atoms with van der Waals surface area (Å²) in [6.07, 6.45) is 0.0161. The molecule has 1 aromatic rings. The minimum Gasteiger partial charge on any atom is -0.353 e. The van der Waals surface area contributed by atoms with Gasteiger partial charge in [-0.3, -0.25) is 19.7 Å². The molecule has 0 radical (unpaired) electrons. The van der Waals surface area contributed by atoms with E-state index < -0.39 is 11.0 Å². The predicted molar refractivity (Wildman–Crippen MR) is 75.9 cm³/mol. The standard InChI is InChI=1S/C13H16N4O4/c1-8-6-9(17(20)21)2-3-10(8)16-12(18)7-11-13(19)15-5-4-14-11/h2-3,6,11,14H,4-5,7H2,1H3,(H,15,19)(H,16,18)/t11-/m1/s1. The topological polar surface area (TPSA) is 113 Å². The van der Waals surface area contributed by atoms with E-state index in [9.17, 15) is 19.7 Å². The molecule has 1 aromatic carbocycles. The van der Waals surface area contributed by atoms with Crippen molar-refractivity contribution in [1.29, 1.82) is 0 Å². The fourth-order valence-corrected chi connectivity index (χ4v) is 2.10. The number of nitro benzene ring substituents is 1. The summed E-state index contributed by atoms with van der Waals surface area (Å²) in [5.41, 5.74) is 1.07. The number of nitrogens with one attached hydrogen (secondary N) is 3. The number of amides is 2. The van der Waals surface area contributed by atoms with E-state index in [1.165, 1.54) is 18.2 Å². The number of hydrogen-bond donors (Lipinski definition) is 3. The number of nitrogens with zero attached hydrogens (tertiary/aromatic N) is 1. The van der Waals surface area contributed by atoms with Gasteiger partial charge in [0.15, 0.2) is 0 Å². The van der Waals surface area contributed by atoms with Crippen LogP contribution in [0.4, 0.5) is 11.4 Å². The molecular weight excluding hydrogens is 276 g/mol. The number of nitro groups is 1.